The van der Waals surface area contributed by atoms with Crippen molar-refractivity contribution in [3.05, 3.63) is 40.9 Å². The first kappa shape index (κ1) is 20.0. The van der Waals surface area contributed by atoms with E-state index in [1.807, 2.05) is 0 Å². The number of halogens is 3. The van der Waals surface area contributed by atoms with E-state index < -0.39 is 11.6 Å². The molecule has 1 aromatic carbocycles. The van der Waals surface area contributed by atoms with Crippen LogP contribution in [-0.4, -0.2) is 37.9 Å². The van der Waals surface area contributed by atoms with Crippen LogP contribution >= 0.6 is 11.6 Å². The highest BCUT2D eigenvalue weighted by molar-refractivity contribution is 6.32. The fourth-order valence-electron chi connectivity index (χ4n) is 4.03. The van der Waals surface area contributed by atoms with Crippen molar-refractivity contribution >= 4 is 17.4 Å². The molecule has 6 nitrogen and oxygen atoms in total. The minimum atomic E-state index is -0.809. The van der Waals surface area contributed by atoms with Gasteiger partial charge >= 0.3 is 0 Å². The van der Waals surface area contributed by atoms with E-state index in [0.717, 1.165) is 50.7 Å². The first-order valence-electron chi connectivity index (χ1n) is 9.72. The van der Waals surface area contributed by atoms with Crippen LogP contribution in [0.3, 0.4) is 0 Å². The maximum Gasteiger partial charge on any atom is 0.253 e. The number of hydrogen-bond donors (Lipinski definition) is 1. The second-order valence-electron chi connectivity index (χ2n) is 7.16. The third-order valence-corrected chi connectivity index (χ3v) is 5.56. The number of aliphatic hydroxyl groups is 1. The Morgan fingerprint density at radius 3 is 2.45 bits per heavy atom. The Balaban J connectivity index is 1.91. The topological polar surface area (TPSA) is 72.5 Å². The molecule has 1 saturated carbocycles. The van der Waals surface area contributed by atoms with Crippen LogP contribution in [0.4, 0.5) is 8.78 Å². The molecule has 29 heavy (non-hydrogen) atoms. The van der Waals surface area contributed by atoms with Crippen molar-refractivity contribution < 1.29 is 18.6 Å². The maximum atomic E-state index is 15.0. The minimum Gasteiger partial charge on any atom is -0.491 e. The quantitative estimate of drug-likeness (QED) is 0.483. The van der Waals surface area contributed by atoms with Gasteiger partial charge in [0.05, 0.1) is 17.9 Å². The SMILES string of the molecule is OCCOc1cc(F)c(-c2c(Cl)nc3ncnn3c2C2CCCCCC2)c(F)c1. The van der Waals surface area contributed by atoms with Crippen LogP contribution in [0, 0.1) is 11.6 Å². The summed E-state index contributed by atoms with van der Waals surface area (Å²) in [6, 6.07) is 2.18. The van der Waals surface area contributed by atoms with Crippen LogP contribution < -0.4 is 4.74 Å². The summed E-state index contributed by atoms with van der Waals surface area (Å²) in [6.45, 7) is -0.311. The van der Waals surface area contributed by atoms with Gasteiger partial charge in [-0.15, -0.1) is 0 Å². The van der Waals surface area contributed by atoms with Crippen molar-refractivity contribution in [3.8, 4) is 16.9 Å². The average Bonchev–Trinajstić information content (AvgIpc) is 2.98. The molecule has 0 aliphatic heterocycles. The molecule has 3 aromatic rings. The van der Waals surface area contributed by atoms with Crippen molar-refractivity contribution in [2.75, 3.05) is 13.2 Å². The van der Waals surface area contributed by atoms with Crippen LogP contribution in [-0.2, 0) is 0 Å². The molecule has 1 aliphatic carbocycles. The van der Waals surface area contributed by atoms with Crippen molar-refractivity contribution in [2.45, 2.75) is 44.4 Å². The normalized spacial score (nSPS) is 15.6. The van der Waals surface area contributed by atoms with Gasteiger partial charge in [-0.1, -0.05) is 37.3 Å². The van der Waals surface area contributed by atoms with Crippen LogP contribution in [0.1, 0.15) is 50.1 Å². The van der Waals surface area contributed by atoms with Gasteiger partial charge in [0, 0.05) is 23.6 Å². The smallest absolute Gasteiger partial charge is 0.253 e. The van der Waals surface area contributed by atoms with E-state index >= 15 is 8.78 Å². The predicted molar refractivity (Wildman–Crippen MR) is 104 cm³/mol. The summed E-state index contributed by atoms with van der Waals surface area (Å²) >= 11 is 6.44. The number of aliphatic hydroxyl groups excluding tert-OH is 1. The third-order valence-electron chi connectivity index (χ3n) is 5.29. The lowest BCUT2D eigenvalue weighted by atomic mass is 9.90. The van der Waals surface area contributed by atoms with Crippen molar-refractivity contribution in [2.24, 2.45) is 0 Å². The lowest BCUT2D eigenvalue weighted by molar-refractivity contribution is 0.200. The highest BCUT2D eigenvalue weighted by Crippen LogP contribution is 2.42. The lowest BCUT2D eigenvalue weighted by Crippen LogP contribution is -2.12. The van der Waals surface area contributed by atoms with Gasteiger partial charge in [0.25, 0.3) is 5.78 Å². The minimum absolute atomic E-state index is 0.000248. The van der Waals surface area contributed by atoms with E-state index in [2.05, 4.69) is 15.1 Å². The molecular formula is C20H21ClF2N4O2. The standard InChI is InChI=1S/C20H21ClF2N4O2/c21-19-17(16-14(22)9-13(10-15(16)23)29-8-7-28)18(12-5-3-1-2-4-6-12)27-20(26-19)24-11-25-27/h9-12,28H,1-8H2. The Morgan fingerprint density at radius 2 is 1.79 bits per heavy atom. The molecule has 1 N–H and O–H groups in total. The fourth-order valence-corrected chi connectivity index (χ4v) is 4.30. The second kappa shape index (κ2) is 8.59. The van der Waals surface area contributed by atoms with Crippen LogP contribution in [0.15, 0.2) is 18.5 Å². The van der Waals surface area contributed by atoms with Gasteiger partial charge in [-0.3, -0.25) is 0 Å². The van der Waals surface area contributed by atoms with Gasteiger partial charge in [0.1, 0.15) is 35.5 Å². The highest BCUT2D eigenvalue weighted by Gasteiger charge is 2.29. The highest BCUT2D eigenvalue weighted by atomic mass is 35.5. The maximum absolute atomic E-state index is 15.0. The molecule has 0 saturated heterocycles. The van der Waals surface area contributed by atoms with E-state index in [1.54, 1.807) is 4.52 Å². The molecule has 0 amide bonds. The monoisotopic (exact) mass is 422 g/mol. The molecule has 0 atom stereocenters. The number of nitrogens with zero attached hydrogens (tertiary/aromatic N) is 4. The van der Waals surface area contributed by atoms with Crippen molar-refractivity contribution in [1.82, 2.24) is 19.6 Å². The predicted octanol–water partition coefficient (Wildman–Crippen LogP) is 4.53. The van der Waals surface area contributed by atoms with E-state index in [1.165, 1.54) is 6.33 Å². The van der Waals surface area contributed by atoms with E-state index in [4.69, 9.17) is 21.4 Å². The summed E-state index contributed by atoms with van der Waals surface area (Å²) in [6.07, 6.45) is 7.43. The van der Waals surface area contributed by atoms with Crippen LogP contribution in [0.25, 0.3) is 16.9 Å². The number of ether oxygens (including phenoxy) is 1. The first-order chi connectivity index (χ1) is 14.1. The van der Waals surface area contributed by atoms with Crippen molar-refractivity contribution in [3.63, 3.8) is 0 Å². The lowest BCUT2D eigenvalue weighted by Gasteiger charge is -2.21. The Morgan fingerprint density at radius 1 is 1.10 bits per heavy atom. The summed E-state index contributed by atoms with van der Waals surface area (Å²) < 4.78 is 36.8. The zero-order chi connectivity index (χ0) is 20.4. The summed E-state index contributed by atoms with van der Waals surface area (Å²) in [4.78, 5) is 8.31. The van der Waals surface area contributed by atoms with Gasteiger partial charge in [-0.25, -0.2) is 13.3 Å². The van der Waals surface area contributed by atoms with Crippen molar-refractivity contribution in [1.29, 1.82) is 0 Å². The van der Waals surface area contributed by atoms with Gasteiger partial charge < -0.3 is 9.84 Å². The number of hydrogen-bond acceptors (Lipinski definition) is 5. The summed E-state index contributed by atoms with van der Waals surface area (Å²) in [5.41, 5.74) is 0.594. The Hall–Kier alpha value is -2.32. The number of rotatable bonds is 5. The van der Waals surface area contributed by atoms with Crippen LogP contribution in [0.2, 0.25) is 5.15 Å². The molecular weight excluding hydrogens is 402 g/mol. The van der Waals surface area contributed by atoms with Gasteiger partial charge in [-0.2, -0.15) is 15.1 Å². The van der Waals surface area contributed by atoms with E-state index in [-0.39, 0.29) is 41.2 Å². The Labute approximate surface area is 171 Å². The third kappa shape index (κ3) is 3.91. The summed E-state index contributed by atoms with van der Waals surface area (Å²) in [7, 11) is 0. The zero-order valence-electron chi connectivity index (χ0n) is 15.7. The molecule has 0 unspecified atom stereocenters. The molecule has 154 valence electrons. The van der Waals surface area contributed by atoms with E-state index in [0.29, 0.717) is 11.5 Å². The number of aromatic nitrogens is 4. The molecule has 1 aliphatic rings. The van der Waals surface area contributed by atoms with Crippen LogP contribution in [0.5, 0.6) is 5.75 Å². The number of benzene rings is 1. The Bertz CT molecular complexity index is 996. The van der Waals surface area contributed by atoms with Gasteiger partial charge in [0.15, 0.2) is 0 Å². The average molecular weight is 423 g/mol. The Kier molecular flexibility index (Phi) is 5.91. The largest absolute Gasteiger partial charge is 0.491 e. The molecule has 9 heteroatoms. The molecule has 0 bridgehead atoms. The molecule has 2 aromatic heterocycles. The molecule has 0 spiro atoms. The van der Waals surface area contributed by atoms with Gasteiger partial charge in [-0.05, 0) is 12.8 Å². The molecule has 4 rings (SSSR count). The molecule has 0 radical (unpaired) electrons. The number of fused-ring (bicyclic) bond motifs is 1. The fraction of sp³-hybridized carbons (Fsp3) is 0.450. The zero-order valence-corrected chi connectivity index (χ0v) is 16.5. The second-order valence-corrected chi connectivity index (χ2v) is 7.52. The first-order valence-corrected chi connectivity index (χ1v) is 10.1. The summed E-state index contributed by atoms with van der Waals surface area (Å²) in [5, 5.41) is 13.1. The molecule has 2 heterocycles. The van der Waals surface area contributed by atoms with E-state index in [9.17, 15) is 0 Å². The summed E-state index contributed by atoms with van der Waals surface area (Å²) in [5.74, 6) is -1.27. The molecule has 1 fully saturated rings. The van der Waals surface area contributed by atoms with Gasteiger partial charge in [0.2, 0.25) is 0 Å².